The van der Waals surface area contributed by atoms with Crippen molar-refractivity contribution in [2.24, 2.45) is 0 Å². The lowest BCUT2D eigenvalue weighted by atomic mass is 10.1. The van der Waals surface area contributed by atoms with Gasteiger partial charge in [0.1, 0.15) is 16.8 Å². The van der Waals surface area contributed by atoms with E-state index in [2.05, 4.69) is 9.74 Å². The Hall–Kier alpha value is -4.88. The van der Waals surface area contributed by atoms with E-state index in [1.165, 1.54) is 13.3 Å². The van der Waals surface area contributed by atoms with Crippen molar-refractivity contribution in [2.75, 3.05) is 57.2 Å². The molecule has 0 bridgehead atoms. The van der Waals surface area contributed by atoms with Crippen LogP contribution < -0.4 is 20.0 Å². The summed E-state index contributed by atoms with van der Waals surface area (Å²) < 4.78 is 23.2. The van der Waals surface area contributed by atoms with Crippen LogP contribution in [0.2, 0.25) is 0 Å². The van der Waals surface area contributed by atoms with Crippen LogP contribution in [0.25, 0.3) is 21.4 Å². The number of piperazine rings is 1. The summed E-state index contributed by atoms with van der Waals surface area (Å²) in [5.74, 6) is -1.88. The van der Waals surface area contributed by atoms with Crippen LogP contribution in [0.5, 0.6) is 5.75 Å². The first-order chi connectivity index (χ1) is 19.7. The number of rotatable bonds is 7. The number of pyridine rings is 1. The molecule has 0 amide bonds. The molecule has 5 rings (SSSR count). The molecule has 1 fully saturated rings. The van der Waals surface area contributed by atoms with E-state index in [1.54, 1.807) is 16.7 Å². The number of halogens is 1. The Morgan fingerprint density at radius 2 is 1.63 bits per heavy atom. The van der Waals surface area contributed by atoms with Crippen molar-refractivity contribution < 1.29 is 19.0 Å². The van der Waals surface area contributed by atoms with Gasteiger partial charge in [0, 0.05) is 50.3 Å². The summed E-state index contributed by atoms with van der Waals surface area (Å²) >= 11 is 0. The summed E-state index contributed by atoms with van der Waals surface area (Å²) in [6.45, 7) is 10.1. The fourth-order valence-corrected chi connectivity index (χ4v) is 5.31. The molecule has 0 spiro atoms. The molecular weight excluding hydrogens is 525 g/mol. The van der Waals surface area contributed by atoms with Gasteiger partial charge in [-0.15, -0.1) is 0 Å². The van der Waals surface area contributed by atoms with Gasteiger partial charge in [0.05, 0.1) is 19.1 Å². The second-order valence-corrected chi connectivity index (χ2v) is 10.2. The van der Waals surface area contributed by atoms with Gasteiger partial charge in [0.2, 0.25) is 5.43 Å². The van der Waals surface area contributed by atoms with Crippen LogP contribution in [0.3, 0.4) is 0 Å². The van der Waals surface area contributed by atoms with E-state index in [0.717, 1.165) is 23.9 Å². The van der Waals surface area contributed by atoms with Gasteiger partial charge >= 0.3 is 5.97 Å². The number of carbonyl (C=O) groups is 1. The predicted octanol–water partition coefficient (Wildman–Crippen LogP) is 4.78. The lowest BCUT2D eigenvalue weighted by molar-refractivity contribution is 0.0695. The van der Waals surface area contributed by atoms with Crippen LogP contribution in [0.4, 0.5) is 21.5 Å². The Morgan fingerprint density at radius 3 is 2.20 bits per heavy atom. The molecule has 1 aliphatic heterocycles. The van der Waals surface area contributed by atoms with Gasteiger partial charge in [-0.1, -0.05) is 24.3 Å². The van der Waals surface area contributed by atoms with E-state index in [9.17, 15) is 14.7 Å². The van der Waals surface area contributed by atoms with Gasteiger partial charge < -0.3 is 29.1 Å². The van der Waals surface area contributed by atoms with Crippen LogP contribution in [0.15, 0.2) is 65.6 Å². The SMILES string of the molecule is [C-]#[N+]c1ccc(N2CCN(c3c(F)cc4c(=O)c(C(=O)O)cn(-c5ccc(CN(C)C)cc5)c4c3OC)CC2)cc1. The van der Waals surface area contributed by atoms with E-state index in [-0.39, 0.29) is 16.8 Å². The molecule has 0 radical (unpaired) electrons. The number of fused-ring (bicyclic) bond motifs is 1. The van der Waals surface area contributed by atoms with E-state index in [0.29, 0.717) is 43.1 Å². The van der Waals surface area contributed by atoms with Crippen LogP contribution in [0, 0.1) is 12.4 Å². The second kappa shape index (κ2) is 11.3. The minimum Gasteiger partial charge on any atom is -0.492 e. The van der Waals surface area contributed by atoms with Gasteiger partial charge in [-0.3, -0.25) is 4.79 Å². The molecule has 4 aromatic rings. The standard InChI is InChI=1S/C31H30FN5O4/c1-33-21-7-11-22(12-8-21)35-13-15-36(16-14-35)28-26(32)17-24-27(30(28)41-4)37(19-25(29(24)38)31(39)40)23-9-5-20(6-10-23)18-34(2)3/h5-12,17,19H,13-16,18H2,2-4H3,(H,39,40). The van der Waals surface area contributed by atoms with Crippen LogP contribution >= 0.6 is 0 Å². The van der Waals surface area contributed by atoms with Gasteiger partial charge in [0.25, 0.3) is 0 Å². The zero-order valence-electron chi connectivity index (χ0n) is 23.1. The van der Waals surface area contributed by atoms with Crippen molar-refractivity contribution in [3.05, 3.63) is 99.4 Å². The minimum atomic E-state index is -1.39. The summed E-state index contributed by atoms with van der Waals surface area (Å²) in [5, 5.41) is 9.70. The molecule has 1 aliphatic rings. The van der Waals surface area contributed by atoms with Crippen molar-refractivity contribution in [3.8, 4) is 11.4 Å². The quantitative estimate of drug-likeness (QED) is 0.329. The normalized spacial score (nSPS) is 13.5. The van der Waals surface area contributed by atoms with Gasteiger partial charge in [-0.05, 0) is 50.0 Å². The number of anilines is 2. The molecule has 10 heteroatoms. The topological polar surface area (TPSA) is 82.6 Å². The maximum atomic E-state index is 15.8. The predicted molar refractivity (Wildman–Crippen MR) is 158 cm³/mol. The lowest BCUT2D eigenvalue weighted by Gasteiger charge is -2.38. The van der Waals surface area contributed by atoms with Crippen molar-refractivity contribution in [3.63, 3.8) is 0 Å². The molecule has 0 atom stereocenters. The minimum absolute atomic E-state index is 0.0705. The molecule has 0 aliphatic carbocycles. The largest absolute Gasteiger partial charge is 0.492 e. The molecule has 0 saturated carbocycles. The van der Waals surface area contributed by atoms with E-state index in [1.807, 2.05) is 60.3 Å². The molecule has 2 heterocycles. The number of carboxylic acids is 1. The molecule has 1 N–H and O–H groups in total. The van der Waals surface area contributed by atoms with Crippen LogP contribution in [-0.2, 0) is 6.54 Å². The first-order valence-corrected chi connectivity index (χ1v) is 13.1. The average Bonchev–Trinajstić information content (AvgIpc) is 2.97. The number of nitrogens with zero attached hydrogens (tertiary/aromatic N) is 5. The summed E-state index contributed by atoms with van der Waals surface area (Å²) in [7, 11) is 5.36. The van der Waals surface area contributed by atoms with E-state index in [4.69, 9.17) is 11.3 Å². The highest BCUT2D eigenvalue weighted by atomic mass is 19.1. The van der Waals surface area contributed by atoms with Gasteiger partial charge in [-0.25, -0.2) is 14.0 Å². The highest BCUT2D eigenvalue weighted by molar-refractivity contribution is 5.97. The molecular formula is C31H30FN5O4. The molecule has 3 aromatic carbocycles. The second-order valence-electron chi connectivity index (χ2n) is 10.2. The summed E-state index contributed by atoms with van der Waals surface area (Å²) in [4.78, 5) is 34.7. The van der Waals surface area contributed by atoms with Gasteiger partial charge in [0.15, 0.2) is 17.3 Å². The van der Waals surface area contributed by atoms with Crippen molar-refractivity contribution in [1.29, 1.82) is 0 Å². The molecule has 210 valence electrons. The Labute approximate surface area is 237 Å². The van der Waals surface area contributed by atoms with Crippen LogP contribution in [0.1, 0.15) is 15.9 Å². The maximum absolute atomic E-state index is 15.8. The van der Waals surface area contributed by atoms with E-state index >= 15 is 4.39 Å². The Kier molecular flexibility index (Phi) is 7.64. The molecule has 9 nitrogen and oxygen atoms in total. The lowest BCUT2D eigenvalue weighted by Crippen LogP contribution is -2.47. The first-order valence-electron chi connectivity index (χ1n) is 13.1. The number of hydrogen-bond acceptors (Lipinski definition) is 6. The number of carboxylic acid groups (broad SMARTS) is 1. The van der Waals surface area contributed by atoms with Crippen molar-refractivity contribution >= 4 is 33.9 Å². The zero-order chi connectivity index (χ0) is 29.3. The Morgan fingerprint density at radius 1 is 1.02 bits per heavy atom. The van der Waals surface area contributed by atoms with Crippen molar-refractivity contribution in [1.82, 2.24) is 9.47 Å². The monoisotopic (exact) mass is 555 g/mol. The first kappa shape index (κ1) is 27.7. The Bertz CT molecular complexity index is 1700. The summed E-state index contributed by atoms with van der Waals surface area (Å²) in [5.41, 5.74) is 2.52. The number of aromatic carboxylic acids is 1. The summed E-state index contributed by atoms with van der Waals surface area (Å²) in [6.07, 6.45) is 1.28. The number of benzene rings is 3. The Balaban J connectivity index is 1.60. The maximum Gasteiger partial charge on any atom is 0.341 e. The van der Waals surface area contributed by atoms with Crippen LogP contribution in [-0.4, -0.2) is 67.9 Å². The number of ether oxygens (including phenoxy) is 1. The highest BCUT2D eigenvalue weighted by Crippen LogP contribution is 2.40. The smallest absolute Gasteiger partial charge is 0.341 e. The third-order valence-corrected chi connectivity index (χ3v) is 7.26. The van der Waals surface area contributed by atoms with E-state index < -0.39 is 22.8 Å². The number of hydrogen-bond donors (Lipinski definition) is 1. The zero-order valence-corrected chi connectivity index (χ0v) is 23.1. The summed E-state index contributed by atoms with van der Waals surface area (Å²) in [6, 6.07) is 16.0. The molecule has 1 saturated heterocycles. The van der Waals surface area contributed by atoms with Crippen molar-refractivity contribution in [2.45, 2.75) is 6.54 Å². The fraction of sp³-hybridized carbons (Fsp3) is 0.258. The average molecular weight is 556 g/mol. The molecule has 41 heavy (non-hydrogen) atoms. The highest BCUT2D eigenvalue weighted by Gasteiger charge is 2.28. The number of methoxy groups -OCH3 is 1. The van der Waals surface area contributed by atoms with Gasteiger partial charge in [-0.2, -0.15) is 0 Å². The number of aromatic nitrogens is 1. The molecule has 1 aromatic heterocycles. The molecule has 0 unspecified atom stereocenters. The fourth-order valence-electron chi connectivity index (χ4n) is 5.31. The third kappa shape index (κ3) is 5.32. The third-order valence-electron chi connectivity index (χ3n) is 7.26.